The molecule has 2 aromatic rings. The van der Waals surface area contributed by atoms with Crippen molar-refractivity contribution in [3.8, 4) is 5.82 Å². The number of nitrogens with one attached hydrogen (secondary N) is 1. The van der Waals surface area contributed by atoms with Crippen LogP contribution in [0.15, 0.2) is 31.0 Å². The minimum Gasteiger partial charge on any atom is -0.393 e. The Morgan fingerprint density at radius 1 is 1.42 bits per heavy atom. The maximum Gasteiger partial charge on any atom is 0.253 e. The van der Waals surface area contributed by atoms with E-state index in [2.05, 4.69) is 20.4 Å². The van der Waals surface area contributed by atoms with Gasteiger partial charge in [-0.3, -0.25) is 4.79 Å². The van der Waals surface area contributed by atoms with Crippen molar-refractivity contribution in [3.63, 3.8) is 0 Å². The van der Waals surface area contributed by atoms with Gasteiger partial charge in [-0.1, -0.05) is 0 Å². The highest BCUT2D eigenvalue weighted by Crippen LogP contribution is 2.19. The number of nitrogens with zero attached hydrogens (tertiary/aromatic N) is 4. The van der Waals surface area contributed by atoms with Crippen molar-refractivity contribution in [2.75, 3.05) is 0 Å². The lowest BCUT2D eigenvalue weighted by Gasteiger charge is -2.31. The van der Waals surface area contributed by atoms with Crippen molar-refractivity contribution in [1.82, 2.24) is 25.1 Å². The molecule has 1 amide bonds. The van der Waals surface area contributed by atoms with E-state index in [1.807, 2.05) is 0 Å². The van der Waals surface area contributed by atoms with Crippen molar-refractivity contribution in [1.29, 1.82) is 0 Å². The normalized spacial score (nSPS) is 21.7. The number of aliphatic hydroxyl groups is 1. The molecular weight excluding hydrogens is 246 g/mol. The highest BCUT2D eigenvalue weighted by molar-refractivity contribution is 5.94. The van der Waals surface area contributed by atoms with Crippen LogP contribution in [-0.4, -0.2) is 42.9 Å². The Balaban J connectivity index is 1.67. The van der Waals surface area contributed by atoms with Crippen LogP contribution < -0.4 is 5.32 Å². The summed E-state index contributed by atoms with van der Waals surface area (Å²) in [6.45, 7) is 0. The van der Waals surface area contributed by atoms with Gasteiger partial charge in [0.2, 0.25) is 0 Å². The van der Waals surface area contributed by atoms with E-state index in [4.69, 9.17) is 5.11 Å². The number of hydrogen-bond donors (Lipinski definition) is 2. The second-order valence-electron chi connectivity index (χ2n) is 4.54. The number of pyridine rings is 1. The lowest BCUT2D eigenvalue weighted by molar-refractivity contribution is 0.0562. The van der Waals surface area contributed by atoms with Crippen LogP contribution in [0, 0.1) is 0 Å². The van der Waals surface area contributed by atoms with E-state index in [-0.39, 0.29) is 18.1 Å². The molecule has 0 unspecified atom stereocenters. The Hall–Kier alpha value is -2.28. The highest BCUT2D eigenvalue weighted by atomic mass is 16.3. The maximum atomic E-state index is 11.9. The number of aliphatic hydroxyl groups excluding tert-OH is 1. The number of carbonyl (C=O) groups is 1. The summed E-state index contributed by atoms with van der Waals surface area (Å²) < 4.78 is 1.52. The Bertz CT molecular complexity index is 560. The van der Waals surface area contributed by atoms with Gasteiger partial charge in [-0.2, -0.15) is 5.10 Å². The first-order valence-electron chi connectivity index (χ1n) is 6.02. The fourth-order valence-electron chi connectivity index (χ4n) is 1.96. The summed E-state index contributed by atoms with van der Waals surface area (Å²) in [5.74, 6) is 0.433. The summed E-state index contributed by atoms with van der Waals surface area (Å²) in [6, 6.07) is 3.46. The largest absolute Gasteiger partial charge is 0.393 e. The molecule has 0 radical (unpaired) electrons. The summed E-state index contributed by atoms with van der Waals surface area (Å²) in [4.78, 5) is 19.9. The van der Waals surface area contributed by atoms with Gasteiger partial charge in [-0.15, -0.1) is 0 Å². The molecule has 0 atom stereocenters. The molecule has 2 aromatic heterocycles. The van der Waals surface area contributed by atoms with Gasteiger partial charge in [-0.05, 0) is 25.0 Å². The van der Waals surface area contributed by atoms with Crippen LogP contribution >= 0.6 is 0 Å². The van der Waals surface area contributed by atoms with E-state index in [0.717, 1.165) is 0 Å². The van der Waals surface area contributed by atoms with Gasteiger partial charge >= 0.3 is 0 Å². The monoisotopic (exact) mass is 259 g/mol. The summed E-state index contributed by atoms with van der Waals surface area (Å²) in [7, 11) is 0. The van der Waals surface area contributed by atoms with E-state index in [1.165, 1.54) is 23.5 Å². The molecule has 98 valence electrons. The van der Waals surface area contributed by atoms with E-state index in [1.54, 1.807) is 12.1 Å². The Morgan fingerprint density at radius 3 is 2.84 bits per heavy atom. The number of carbonyl (C=O) groups excluding carboxylic acids is 1. The smallest absolute Gasteiger partial charge is 0.253 e. The van der Waals surface area contributed by atoms with Gasteiger partial charge < -0.3 is 10.4 Å². The molecule has 7 heteroatoms. The van der Waals surface area contributed by atoms with Gasteiger partial charge in [0, 0.05) is 12.2 Å². The SMILES string of the molecule is O=C(NC1CC(O)C1)c1ccc(-n2cncn2)nc1. The van der Waals surface area contributed by atoms with Crippen LogP contribution in [0.25, 0.3) is 5.82 Å². The quantitative estimate of drug-likeness (QED) is 0.804. The fourth-order valence-corrected chi connectivity index (χ4v) is 1.96. The third-order valence-corrected chi connectivity index (χ3v) is 3.11. The van der Waals surface area contributed by atoms with Gasteiger partial charge in [0.1, 0.15) is 12.7 Å². The second kappa shape index (κ2) is 4.77. The molecule has 1 saturated carbocycles. The van der Waals surface area contributed by atoms with Crippen LogP contribution in [0.3, 0.4) is 0 Å². The highest BCUT2D eigenvalue weighted by Gasteiger charge is 2.28. The first-order chi connectivity index (χ1) is 9.22. The van der Waals surface area contributed by atoms with Gasteiger partial charge in [-0.25, -0.2) is 14.6 Å². The van der Waals surface area contributed by atoms with Crippen molar-refractivity contribution >= 4 is 5.91 Å². The zero-order valence-corrected chi connectivity index (χ0v) is 10.1. The molecule has 19 heavy (non-hydrogen) atoms. The van der Waals surface area contributed by atoms with E-state index < -0.39 is 0 Å². The molecule has 3 rings (SSSR count). The first kappa shape index (κ1) is 11.8. The third kappa shape index (κ3) is 2.45. The van der Waals surface area contributed by atoms with Crippen molar-refractivity contribution < 1.29 is 9.90 Å². The minimum atomic E-state index is -0.280. The van der Waals surface area contributed by atoms with Crippen LogP contribution in [-0.2, 0) is 0 Å². The molecule has 1 fully saturated rings. The van der Waals surface area contributed by atoms with Crippen LogP contribution in [0.1, 0.15) is 23.2 Å². The molecule has 2 N–H and O–H groups in total. The topological polar surface area (TPSA) is 92.9 Å². The fraction of sp³-hybridized carbons (Fsp3) is 0.333. The van der Waals surface area contributed by atoms with Crippen molar-refractivity contribution in [3.05, 3.63) is 36.5 Å². The molecule has 2 heterocycles. The van der Waals surface area contributed by atoms with Gasteiger partial charge in [0.25, 0.3) is 5.91 Å². The average Bonchev–Trinajstić information content (AvgIpc) is 2.91. The number of rotatable bonds is 3. The van der Waals surface area contributed by atoms with Crippen LogP contribution in [0.5, 0.6) is 0 Å². The zero-order valence-electron chi connectivity index (χ0n) is 10.1. The lowest BCUT2D eigenvalue weighted by Crippen LogP contribution is -2.46. The molecule has 0 bridgehead atoms. The summed E-state index contributed by atoms with van der Waals surface area (Å²) in [6.07, 6.45) is 5.42. The Morgan fingerprint density at radius 2 is 2.26 bits per heavy atom. The molecule has 7 nitrogen and oxygen atoms in total. The van der Waals surface area contributed by atoms with E-state index in [9.17, 15) is 4.79 Å². The maximum absolute atomic E-state index is 11.9. The average molecular weight is 259 g/mol. The summed E-state index contributed by atoms with van der Waals surface area (Å²) in [5, 5.41) is 16.0. The predicted molar refractivity (Wildman–Crippen MR) is 65.6 cm³/mol. The summed E-state index contributed by atoms with van der Waals surface area (Å²) >= 11 is 0. The van der Waals surface area contributed by atoms with E-state index in [0.29, 0.717) is 24.2 Å². The molecule has 0 aromatic carbocycles. The molecule has 0 aliphatic heterocycles. The molecule has 0 saturated heterocycles. The first-order valence-corrected chi connectivity index (χ1v) is 6.02. The third-order valence-electron chi connectivity index (χ3n) is 3.11. The standard InChI is InChI=1S/C12H13N5O2/c18-10-3-9(4-10)16-12(19)8-1-2-11(14-5-8)17-7-13-6-15-17/h1-2,5-7,9-10,18H,3-4H2,(H,16,19). The van der Waals surface area contributed by atoms with Gasteiger partial charge in [0.05, 0.1) is 11.7 Å². The zero-order chi connectivity index (χ0) is 13.2. The number of hydrogen-bond acceptors (Lipinski definition) is 5. The minimum absolute atomic E-state index is 0.0671. The van der Waals surface area contributed by atoms with Crippen LogP contribution in [0.4, 0.5) is 0 Å². The van der Waals surface area contributed by atoms with E-state index >= 15 is 0 Å². The lowest BCUT2D eigenvalue weighted by atomic mass is 9.89. The van der Waals surface area contributed by atoms with Crippen molar-refractivity contribution in [2.45, 2.75) is 25.0 Å². The van der Waals surface area contributed by atoms with Gasteiger partial charge in [0.15, 0.2) is 5.82 Å². The molecule has 1 aliphatic rings. The Labute approximate surface area is 109 Å². The molecule has 1 aliphatic carbocycles. The number of aromatic nitrogens is 4. The van der Waals surface area contributed by atoms with Crippen LogP contribution in [0.2, 0.25) is 0 Å². The molecule has 0 spiro atoms. The Kier molecular flexibility index (Phi) is 2.96. The number of amides is 1. The predicted octanol–water partition coefficient (Wildman–Crippen LogP) is -0.0846. The summed E-state index contributed by atoms with van der Waals surface area (Å²) in [5.41, 5.74) is 0.491. The molecular formula is C12H13N5O2. The second-order valence-corrected chi connectivity index (χ2v) is 4.54. The van der Waals surface area contributed by atoms with Crippen molar-refractivity contribution in [2.24, 2.45) is 0 Å².